The minimum atomic E-state index is -0.164. The Labute approximate surface area is 130 Å². The maximum absolute atomic E-state index is 9.32. The Morgan fingerprint density at radius 1 is 1.33 bits per heavy atom. The number of fused-ring (bicyclic) bond motifs is 1. The molecule has 0 amide bonds. The van der Waals surface area contributed by atoms with Crippen LogP contribution in [0.25, 0.3) is 11.0 Å². The summed E-state index contributed by atoms with van der Waals surface area (Å²) < 4.78 is 2.31. The number of imidazole rings is 1. The zero-order valence-electron chi connectivity index (χ0n) is 12.6. The van der Waals surface area contributed by atoms with Crippen molar-refractivity contribution < 1.29 is 0 Å². The molecule has 21 heavy (non-hydrogen) atoms. The summed E-state index contributed by atoms with van der Waals surface area (Å²) in [5.41, 5.74) is 2.51. The molecule has 3 nitrogen and oxygen atoms in total. The smallest absolute Gasteiger partial charge is 0.128 e. The van der Waals surface area contributed by atoms with E-state index in [0.29, 0.717) is 5.56 Å². The van der Waals surface area contributed by atoms with Crippen molar-refractivity contribution in [3.63, 3.8) is 0 Å². The van der Waals surface area contributed by atoms with Gasteiger partial charge in [0, 0.05) is 5.54 Å². The quantitative estimate of drug-likeness (QED) is 0.741. The van der Waals surface area contributed by atoms with E-state index < -0.39 is 0 Å². The first-order chi connectivity index (χ1) is 10.1. The van der Waals surface area contributed by atoms with Crippen LogP contribution in [-0.4, -0.2) is 9.55 Å². The summed E-state index contributed by atoms with van der Waals surface area (Å²) in [6, 6.07) is 8.07. The molecule has 2 aromatic rings. The molecular weight excluding hydrogens is 282 g/mol. The van der Waals surface area contributed by atoms with Crippen molar-refractivity contribution in [3.8, 4) is 6.07 Å². The lowest BCUT2D eigenvalue weighted by Gasteiger charge is -2.37. The lowest BCUT2D eigenvalue weighted by atomic mass is 9.82. The van der Waals surface area contributed by atoms with Crippen molar-refractivity contribution >= 4 is 22.6 Å². The van der Waals surface area contributed by atoms with E-state index in [1.54, 1.807) is 0 Å². The second kappa shape index (κ2) is 5.35. The fourth-order valence-electron chi connectivity index (χ4n) is 3.58. The highest BCUT2D eigenvalue weighted by Gasteiger charge is 2.33. The van der Waals surface area contributed by atoms with Crippen LogP contribution in [0.3, 0.4) is 0 Å². The molecule has 1 aliphatic rings. The summed E-state index contributed by atoms with van der Waals surface area (Å²) in [4.78, 5) is 4.71. The molecular formula is C17H20ClN3. The molecule has 1 aromatic heterocycles. The average Bonchev–Trinajstić information content (AvgIpc) is 2.88. The first-order valence-electron chi connectivity index (χ1n) is 7.63. The van der Waals surface area contributed by atoms with Crippen LogP contribution in [0.2, 0.25) is 0 Å². The molecule has 0 aliphatic heterocycles. The number of aromatic nitrogens is 2. The molecule has 1 heterocycles. The number of benzene rings is 1. The summed E-state index contributed by atoms with van der Waals surface area (Å²) in [7, 11) is 0. The van der Waals surface area contributed by atoms with Gasteiger partial charge >= 0.3 is 0 Å². The van der Waals surface area contributed by atoms with Crippen LogP contribution in [0.5, 0.6) is 0 Å². The Morgan fingerprint density at radius 2 is 2.05 bits per heavy atom. The molecule has 110 valence electrons. The third kappa shape index (κ3) is 2.32. The maximum Gasteiger partial charge on any atom is 0.128 e. The molecule has 4 heteroatoms. The van der Waals surface area contributed by atoms with E-state index >= 15 is 0 Å². The lowest BCUT2D eigenvalue weighted by molar-refractivity contribution is 0.219. The van der Waals surface area contributed by atoms with E-state index in [4.69, 9.17) is 16.6 Å². The van der Waals surface area contributed by atoms with Crippen LogP contribution in [0, 0.1) is 11.3 Å². The number of halogens is 1. The number of para-hydroxylation sites is 1. The average molecular weight is 302 g/mol. The number of rotatable bonds is 2. The highest BCUT2D eigenvalue weighted by molar-refractivity contribution is 6.20. The molecule has 0 bridgehead atoms. The van der Waals surface area contributed by atoms with Crippen LogP contribution < -0.4 is 0 Å². The van der Waals surface area contributed by atoms with E-state index in [1.165, 1.54) is 19.3 Å². The van der Waals surface area contributed by atoms with Gasteiger partial charge in [-0.1, -0.05) is 25.3 Å². The lowest BCUT2D eigenvalue weighted by Crippen LogP contribution is -2.34. The Morgan fingerprint density at radius 3 is 2.67 bits per heavy atom. The van der Waals surface area contributed by atoms with Gasteiger partial charge in [-0.05, 0) is 38.8 Å². The molecule has 0 saturated heterocycles. The SMILES string of the molecule is CC(Cl)c1nc2c(C#N)cccc2n1C1(C)CCCCC1. The van der Waals surface area contributed by atoms with E-state index in [-0.39, 0.29) is 10.9 Å². The van der Waals surface area contributed by atoms with Crippen molar-refractivity contribution in [1.82, 2.24) is 9.55 Å². The number of nitriles is 1. The molecule has 1 aromatic carbocycles. The van der Waals surface area contributed by atoms with Crippen LogP contribution in [-0.2, 0) is 5.54 Å². The number of alkyl halides is 1. The summed E-state index contributed by atoms with van der Waals surface area (Å²) in [6.07, 6.45) is 6.07. The first-order valence-corrected chi connectivity index (χ1v) is 8.06. The Kier molecular flexibility index (Phi) is 3.67. The van der Waals surface area contributed by atoms with Crippen LogP contribution in [0.4, 0.5) is 0 Å². The molecule has 0 spiro atoms. The van der Waals surface area contributed by atoms with E-state index in [1.807, 2.05) is 19.1 Å². The van der Waals surface area contributed by atoms with Gasteiger partial charge in [0.25, 0.3) is 0 Å². The predicted molar refractivity (Wildman–Crippen MR) is 85.4 cm³/mol. The first kappa shape index (κ1) is 14.4. The number of nitrogens with zero attached hydrogens (tertiary/aromatic N) is 3. The van der Waals surface area contributed by atoms with Crippen LogP contribution >= 0.6 is 11.6 Å². The van der Waals surface area contributed by atoms with Gasteiger partial charge in [-0.3, -0.25) is 0 Å². The fraction of sp³-hybridized carbons (Fsp3) is 0.529. The largest absolute Gasteiger partial charge is 0.321 e. The molecule has 0 radical (unpaired) electrons. The molecule has 1 atom stereocenters. The van der Waals surface area contributed by atoms with Gasteiger partial charge in [-0.25, -0.2) is 4.98 Å². The van der Waals surface area contributed by atoms with E-state index in [9.17, 15) is 5.26 Å². The zero-order valence-corrected chi connectivity index (χ0v) is 13.3. The monoisotopic (exact) mass is 301 g/mol. The minimum Gasteiger partial charge on any atom is -0.321 e. The third-order valence-corrected chi connectivity index (χ3v) is 4.85. The normalized spacial score (nSPS) is 19.3. The molecule has 3 rings (SSSR count). The molecule has 1 aliphatic carbocycles. The second-order valence-corrected chi connectivity index (χ2v) is 6.92. The van der Waals surface area contributed by atoms with Crippen LogP contribution in [0.15, 0.2) is 18.2 Å². The molecule has 0 N–H and O–H groups in total. The van der Waals surface area contributed by atoms with E-state index in [0.717, 1.165) is 29.7 Å². The standard InChI is InChI=1S/C17H20ClN3/c1-12(18)16-20-15-13(11-19)7-6-8-14(15)21(16)17(2)9-4-3-5-10-17/h6-8,12H,3-5,9-10H2,1-2H3. The topological polar surface area (TPSA) is 41.6 Å². The van der Waals surface area contributed by atoms with Crippen molar-refractivity contribution in [2.75, 3.05) is 0 Å². The van der Waals surface area contributed by atoms with E-state index in [2.05, 4.69) is 23.6 Å². The third-order valence-electron chi connectivity index (χ3n) is 4.66. The van der Waals surface area contributed by atoms with Gasteiger partial charge in [0.15, 0.2) is 0 Å². The van der Waals surface area contributed by atoms with Gasteiger partial charge in [0.2, 0.25) is 0 Å². The van der Waals surface area contributed by atoms with Gasteiger partial charge in [0.05, 0.1) is 16.5 Å². The Bertz CT molecular complexity index is 703. The van der Waals surface area contributed by atoms with Crippen molar-refractivity contribution in [3.05, 3.63) is 29.6 Å². The molecule has 1 unspecified atom stereocenters. The Balaban J connectivity index is 2.29. The van der Waals surface area contributed by atoms with Crippen molar-refractivity contribution in [2.24, 2.45) is 0 Å². The van der Waals surface area contributed by atoms with Gasteiger partial charge in [-0.2, -0.15) is 5.26 Å². The maximum atomic E-state index is 9.32. The number of hydrogen-bond donors (Lipinski definition) is 0. The van der Waals surface area contributed by atoms with Crippen LogP contribution in [0.1, 0.15) is 62.7 Å². The van der Waals surface area contributed by atoms with Gasteiger partial charge in [-0.15, -0.1) is 11.6 Å². The zero-order chi connectivity index (χ0) is 15.0. The van der Waals surface area contributed by atoms with Crippen molar-refractivity contribution in [2.45, 2.75) is 56.9 Å². The van der Waals surface area contributed by atoms with Crippen molar-refractivity contribution in [1.29, 1.82) is 5.26 Å². The second-order valence-electron chi connectivity index (χ2n) is 6.26. The highest BCUT2D eigenvalue weighted by atomic mass is 35.5. The summed E-state index contributed by atoms with van der Waals surface area (Å²) in [5.74, 6) is 0.888. The summed E-state index contributed by atoms with van der Waals surface area (Å²) >= 11 is 6.39. The van der Waals surface area contributed by atoms with Gasteiger partial charge in [0.1, 0.15) is 17.4 Å². The minimum absolute atomic E-state index is 0.0551. The Hall–Kier alpha value is -1.53. The highest BCUT2D eigenvalue weighted by Crippen LogP contribution is 2.40. The summed E-state index contributed by atoms with van der Waals surface area (Å²) in [5, 5.41) is 9.15. The molecule has 1 fully saturated rings. The summed E-state index contributed by atoms with van der Waals surface area (Å²) in [6.45, 7) is 4.26. The van der Waals surface area contributed by atoms with Gasteiger partial charge < -0.3 is 4.57 Å². The fourth-order valence-corrected chi connectivity index (χ4v) is 3.73. The number of hydrogen-bond acceptors (Lipinski definition) is 2. The molecule has 1 saturated carbocycles. The predicted octanol–water partition coefficient (Wildman–Crippen LogP) is 4.89.